The molecule has 0 spiro atoms. The van der Waals surface area contributed by atoms with Crippen molar-refractivity contribution < 1.29 is 17.9 Å². The van der Waals surface area contributed by atoms with Gasteiger partial charge in [-0.15, -0.1) is 22.7 Å². The third-order valence-corrected chi connectivity index (χ3v) is 11.0. The average molecular weight is 537 g/mol. The number of hydrogen-bond donors (Lipinski definition) is 2. The van der Waals surface area contributed by atoms with Crippen molar-refractivity contribution in [2.45, 2.75) is 15.6 Å². The lowest BCUT2D eigenvalue weighted by molar-refractivity contribution is -0.140. The third-order valence-electron chi connectivity index (χ3n) is 5.73. The van der Waals surface area contributed by atoms with Gasteiger partial charge < -0.3 is 14.6 Å². The summed E-state index contributed by atoms with van der Waals surface area (Å²) in [5.41, 5.74) is 1.71. The van der Waals surface area contributed by atoms with E-state index in [2.05, 4.69) is 15.3 Å². The number of thiophene rings is 2. The number of hydrogen-bond acceptors (Lipinski definition) is 8. The molecule has 1 atom stereocenters. The molecule has 0 saturated carbocycles. The molecule has 4 aromatic rings. The number of pyridine rings is 1. The molecule has 1 aliphatic rings. The van der Waals surface area contributed by atoms with Gasteiger partial charge in [0.25, 0.3) is 5.91 Å². The summed E-state index contributed by atoms with van der Waals surface area (Å²) in [6.45, 7) is 0.630. The first-order chi connectivity index (χ1) is 16.3. The predicted octanol–water partition coefficient (Wildman–Crippen LogP) is 3.75. The van der Waals surface area contributed by atoms with E-state index in [9.17, 15) is 13.2 Å². The van der Waals surface area contributed by atoms with E-state index in [0.29, 0.717) is 17.4 Å². The summed E-state index contributed by atoms with van der Waals surface area (Å²) in [6, 6.07) is 10.7. The molecule has 0 unspecified atom stereocenters. The first kappa shape index (κ1) is 23.5. The van der Waals surface area contributed by atoms with Gasteiger partial charge in [-0.25, -0.2) is 8.42 Å². The van der Waals surface area contributed by atoms with Crippen LogP contribution in [0, 0.1) is 0 Å². The summed E-state index contributed by atoms with van der Waals surface area (Å²) in [7, 11) is -2.73. The van der Waals surface area contributed by atoms with Gasteiger partial charge in [-0.05, 0) is 36.4 Å². The van der Waals surface area contributed by atoms with Crippen LogP contribution in [0.15, 0.2) is 53.0 Å². The lowest BCUT2D eigenvalue weighted by Crippen LogP contribution is -2.69. The van der Waals surface area contributed by atoms with Crippen LogP contribution < -0.4 is 5.32 Å². The summed E-state index contributed by atoms with van der Waals surface area (Å²) in [4.78, 5) is 22.4. The summed E-state index contributed by atoms with van der Waals surface area (Å²) < 4.78 is 33.8. The Bertz CT molecular complexity index is 1420. The van der Waals surface area contributed by atoms with Crippen LogP contribution in [0.4, 0.5) is 0 Å². The number of nitrogens with one attached hydrogen (secondary N) is 2. The van der Waals surface area contributed by atoms with E-state index in [1.165, 1.54) is 18.4 Å². The van der Waals surface area contributed by atoms with E-state index in [-0.39, 0.29) is 17.4 Å². The van der Waals surface area contributed by atoms with Crippen LogP contribution in [0.2, 0.25) is 4.34 Å². The Hall–Kier alpha value is -2.28. The van der Waals surface area contributed by atoms with Gasteiger partial charge in [0.1, 0.15) is 4.21 Å². The Balaban J connectivity index is 1.48. The molecule has 0 aliphatic carbocycles. The number of methoxy groups -OCH3 is 1. The maximum absolute atomic E-state index is 13.9. The number of rotatable bonds is 7. The van der Waals surface area contributed by atoms with Crippen molar-refractivity contribution in [2.24, 2.45) is 0 Å². The summed E-state index contributed by atoms with van der Waals surface area (Å²) in [5.74, 6) is -0.536. The fourth-order valence-electron chi connectivity index (χ4n) is 4.12. The molecule has 34 heavy (non-hydrogen) atoms. The Labute approximate surface area is 209 Å². The number of sulfone groups is 1. The average Bonchev–Trinajstić information content (AvgIpc) is 3.55. The Morgan fingerprint density at radius 1 is 1.21 bits per heavy atom. The first-order valence-corrected chi connectivity index (χ1v) is 13.9. The Kier molecular flexibility index (Phi) is 6.25. The highest BCUT2D eigenvalue weighted by Crippen LogP contribution is 2.40. The third kappa shape index (κ3) is 3.96. The normalized spacial score (nSPS) is 19.2. The molecule has 5 rings (SSSR count). The van der Waals surface area contributed by atoms with Crippen LogP contribution >= 0.6 is 34.3 Å². The molecule has 0 bridgehead atoms. The van der Waals surface area contributed by atoms with Gasteiger partial charge >= 0.3 is 0 Å². The van der Waals surface area contributed by atoms with E-state index in [1.807, 2.05) is 18.2 Å². The molecule has 5 heterocycles. The fraction of sp³-hybridized carbons (Fsp3) is 0.273. The van der Waals surface area contributed by atoms with E-state index in [0.717, 1.165) is 37.7 Å². The van der Waals surface area contributed by atoms with Crippen LogP contribution in [-0.2, 0) is 25.9 Å². The predicted molar refractivity (Wildman–Crippen MR) is 134 cm³/mol. The minimum Gasteiger partial charge on any atom is -0.381 e. The monoisotopic (exact) mass is 536 g/mol. The number of ether oxygens (including phenoxy) is 1. The SMILES string of the molecule is COC[C@@]1(S(=O)(=O)c2ccc(-c3ccc(Cl)s3)s2)NCCN(Cc2cc3cnccc3[nH]2)C1=O. The zero-order valence-electron chi connectivity index (χ0n) is 18.1. The van der Waals surface area contributed by atoms with Crippen LogP contribution in [-0.4, -0.2) is 60.9 Å². The summed E-state index contributed by atoms with van der Waals surface area (Å²) >= 11 is 8.53. The number of carbonyl (C=O) groups is 1. The van der Waals surface area contributed by atoms with E-state index >= 15 is 0 Å². The van der Waals surface area contributed by atoms with Crippen molar-refractivity contribution in [1.29, 1.82) is 0 Å². The van der Waals surface area contributed by atoms with Gasteiger partial charge in [-0.1, -0.05) is 11.6 Å². The molecule has 8 nitrogen and oxygen atoms in total. The van der Waals surface area contributed by atoms with Gasteiger partial charge in [-0.2, -0.15) is 0 Å². The van der Waals surface area contributed by atoms with Crippen molar-refractivity contribution >= 4 is 60.9 Å². The molecule has 1 amide bonds. The standard InChI is InChI=1S/C22H21ClN4O4S3/c1-31-13-22(34(29,30)20-5-3-18(33-20)17-2-4-19(23)32-17)21(28)27(9-8-25-22)12-15-10-14-11-24-7-6-16(14)26-15/h2-7,10-11,25-26H,8-9,12-13H2,1H3/t22-/m0/s1. The lowest BCUT2D eigenvalue weighted by Gasteiger charge is -2.41. The van der Waals surface area contributed by atoms with Crippen molar-refractivity contribution in [2.75, 3.05) is 26.8 Å². The number of aromatic amines is 1. The molecule has 0 aromatic carbocycles. The minimum atomic E-state index is -4.12. The number of aromatic nitrogens is 2. The Morgan fingerprint density at radius 3 is 2.74 bits per heavy atom. The molecule has 2 N–H and O–H groups in total. The second-order valence-corrected chi connectivity index (χ2v) is 13.1. The van der Waals surface area contributed by atoms with Crippen molar-refractivity contribution in [3.63, 3.8) is 0 Å². The molecule has 1 fully saturated rings. The molecule has 4 aromatic heterocycles. The molecular weight excluding hydrogens is 516 g/mol. The number of halogens is 1. The van der Waals surface area contributed by atoms with Crippen molar-refractivity contribution in [3.05, 3.63) is 58.8 Å². The smallest absolute Gasteiger partial charge is 0.261 e. The second kappa shape index (κ2) is 9.06. The van der Waals surface area contributed by atoms with E-state index in [1.54, 1.807) is 35.5 Å². The van der Waals surface area contributed by atoms with Crippen LogP contribution in [0.1, 0.15) is 5.69 Å². The zero-order chi connectivity index (χ0) is 23.9. The topological polar surface area (TPSA) is 104 Å². The number of H-pyrrole nitrogens is 1. The number of carbonyl (C=O) groups excluding carboxylic acids is 1. The van der Waals surface area contributed by atoms with Gasteiger partial charge in [0.15, 0.2) is 0 Å². The largest absolute Gasteiger partial charge is 0.381 e. The number of piperazine rings is 1. The molecule has 178 valence electrons. The van der Waals surface area contributed by atoms with E-state index in [4.69, 9.17) is 16.3 Å². The highest BCUT2D eigenvalue weighted by Gasteiger charge is 2.55. The summed E-state index contributed by atoms with van der Waals surface area (Å²) in [6.07, 6.45) is 3.43. The lowest BCUT2D eigenvalue weighted by atomic mass is 10.2. The van der Waals surface area contributed by atoms with Crippen molar-refractivity contribution in [1.82, 2.24) is 20.2 Å². The molecule has 1 saturated heterocycles. The molecule has 0 radical (unpaired) electrons. The van der Waals surface area contributed by atoms with Crippen LogP contribution in [0.3, 0.4) is 0 Å². The Morgan fingerprint density at radius 2 is 2.00 bits per heavy atom. The minimum absolute atomic E-state index is 0.100. The number of nitrogens with zero attached hydrogens (tertiary/aromatic N) is 2. The fourth-order valence-corrected chi connectivity index (χ4v) is 8.64. The quantitative estimate of drug-likeness (QED) is 0.373. The van der Waals surface area contributed by atoms with Crippen LogP contribution in [0.25, 0.3) is 20.7 Å². The highest BCUT2D eigenvalue weighted by atomic mass is 35.5. The molecular formula is C22H21ClN4O4S3. The van der Waals surface area contributed by atoms with E-state index < -0.39 is 20.6 Å². The number of amides is 1. The van der Waals surface area contributed by atoms with Gasteiger partial charge in [-0.3, -0.25) is 15.1 Å². The van der Waals surface area contributed by atoms with Crippen molar-refractivity contribution in [3.8, 4) is 9.75 Å². The van der Waals surface area contributed by atoms with Gasteiger partial charge in [0, 0.05) is 58.9 Å². The maximum Gasteiger partial charge on any atom is 0.261 e. The highest BCUT2D eigenvalue weighted by molar-refractivity contribution is 7.95. The zero-order valence-corrected chi connectivity index (χ0v) is 21.3. The second-order valence-electron chi connectivity index (χ2n) is 7.90. The molecule has 12 heteroatoms. The number of fused-ring (bicyclic) bond motifs is 1. The maximum atomic E-state index is 13.9. The molecule has 1 aliphatic heterocycles. The van der Waals surface area contributed by atoms with Gasteiger partial charge in [0.2, 0.25) is 14.7 Å². The first-order valence-electron chi connectivity index (χ1n) is 10.4. The van der Waals surface area contributed by atoms with Crippen LogP contribution in [0.5, 0.6) is 0 Å². The summed E-state index contributed by atoms with van der Waals surface area (Å²) in [5, 5.41) is 3.91. The van der Waals surface area contributed by atoms with Gasteiger partial charge in [0.05, 0.1) is 17.5 Å².